The number of benzene rings is 3. The maximum atomic E-state index is 12.3. The molecule has 23 heavy (non-hydrogen) atoms. The number of rotatable bonds is 4. The SMILES string of the molecule is Cc1ccccc1NC(=O)C(C)Oc1ccc2ccccc2c1. The summed E-state index contributed by atoms with van der Waals surface area (Å²) in [7, 11) is 0. The fourth-order valence-electron chi connectivity index (χ4n) is 2.45. The summed E-state index contributed by atoms with van der Waals surface area (Å²) >= 11 is 0. The quantitative estimate of drug-likeness (QED) is 0.767. The molecule has 1 N–H and O–H groups in total. The van der Waals surface area contributed by atoms with E-state index in [1.165, 1.54) is 0 Å². The summed E-state index contributed by atoms with van der Waals surface area (Å²) in [5, 5.41) is 5.15. The number of carbonyl (C=O) groups excluding carboxylic acids is 1. The molecule has 3 heteroatoms. The first kappa shape index (κ1) is 15.1. The van der Waals surface area contributed by atoms with Crippen molar-refractivity contribution in [3.8, 4) is 5.75 Å². The van der Waals surface area contributed by atoms with Crippen LogP contribution in [0.25, 0.3) is 10.8 Å². The Bertz CT molecular complexity index is 842. The van der Waals surface area contributed by atoms with Crippen molar-refractivity contribution in [1.82, 2.24) is 0 Å². The van der Waals surface area contributed by atoms with Crippen molar-refractivity contribution in [2.75, 3.05) is 5.32 Å². The molecule has 0 bridgehead atoms. The highest BCUT2D eigenvalue weighted by Crippen LogP contribution is 2.22. The average Bonchev–Trinajstić information content (AvgIpc) is 2.56. The Morgan fingerprint density at radius 3 is 2.43 bits per heavy atom. The van der Waals surface area contributed by atoms with Gasteiger partial charge < -0.3 is 10.1 Å². The number of nitrogens with one attached hydrogen (secondary N) is 1. The van der Waals surface area contributed by atoms with E-state index >= 15 is 0 Å². The molecule has 1 atom stereocenters. The van der Waals surface area contributed by atoms with Gasteiger partial charge in [0.05, 0.1) is 0 Å². The highest BCUT2D eigenvalue weighted by molar-refractivity contribution is 5.94. The number of amides is 1. The summed E-state index contributed by atoms with van der Waals surface area (Å²) in [5.41, 5.74) is 1.84. The first-order chi connectivity index (χ1) is 11.1. The number of hydrogen-bond donors (Lipinski definition) is 1. The van der Waals surface area contributed by atoms with E-state index in [2.05, 4.69) is 5.32 Å². The van der Waals surface area contributed by atoms with Gasteiger partial charge in [-0.15, -0.1) is 0 Å². The van der Waals surface area contributed by atoms with Gasteiger partial charge in [-0.25, -0.2) is 0 Å². The summed E-state index contributed by atoms with van der Waals surface area (Å²) < 4.78 is 5.78. The van der Waals surface area contributed by atoms with E-state index < -0.39 is 6.10 Å². The number of carbonyl (C=O) groups is 1. The van der Waals surface area contributed by atoms with Gasteiger partial charge in [-0.1, -0.05) is 48.5 Å². The molecule has 3 nitrogen and oxygen atoms in total. The molecule has 0 radical (unpaired) electrons. The Balaban J connectivity index is 1.71. The highest BCUT2D eigenvalue weighted by atomic mass is 16.5. The average molecular weight is 305 g/mol. The largest absolute Gasteiger partial charge is 0.481 e. The highest BCUT2D eigenvalue weighted by Gasteiger charge is 2.15. The van der Waals surface area contributed by atoms with E-state index in [0.717, 1.165) is 22.0 Å². The Hall–Kier alpha value is -2.81. The van der Waals surface area contributed by atoms with Crippen molar-refractivity contribution < 1.29 is 9.53 Å². The Kier molecular flexibility index (Phi) is 4.29. The van der Waals surface area contributed by atoms with Gasteiger partial charge >= 0.3 is 0 Å². The van der Waals surface area contributed by atoms with Crippen molar-refractivity contribution in [3.05, 3.63) is 72.3 Å². The Labute approximate surface area is 135 Å². The zero-order chi connectivity index (χ0) is 16.2. The molecule has 3 aromatic rings. The summed E-state index contributed by atoms with van der Waals surface area (Å²) in [4.78, 5) is 12.3. The van der Waals surface area contributed by atoms with Crippen LogP contribution in [-0.2, 0) is 4.79 Å². The van der Waals surface area contributed by atoms with Gasteiger partial charge in [0.1, 0.15) is 5.75 Å². The van der Waals surface area contributed by atoms with Gasteiger partial charge in [-0.05, 0) is 48.4 Å². The maximum Gasteiger partial charge on any atom is 0.265 e. The number of anilines is 1. The Morgan fingerprint density at radius 2 is 1.65 bits per heavy atom. The molecule has 3 aromatic carbocycles. The van der Waals surface area contributed by atoms with Gasteiger partial charge in [0.15, 0.2) is 6.10 Å². The molecule has 0 saturated carbocycles. The van der Waals surface area contributed by atoms with E-state index in [1.54, 1.807) is 6.92 Å². The lowest BCUT2D eigenvalue weighted by molar-refractivity contribution is -0.122. The topological polar surface area (TPSA) is 38.3 Å². The molecule has 0 spiro atoms. The predicted molar refractivity (Wildman–Crippen MR) is 93.8 cm³/mol. The van der Waals surface area contributed by atoms with Crippen LogP contribution in [0.3, 0.4) is 0 Å². The lowest BCUT2D eigenvalue weighted by atomic mass is 10.1. The van der Waals surface area contributed by atoms with Crippen LogP contribution in [0, 0.1) is 6.92 Å². The van der Waals surface area contributed by atoms with Crippen LogP contribution in [0.1, 0.15) is 12.5 Å². The van der Waals surface area contributed by atoms with Crippen molar-refractivity contribution in [3.63, 3.8) is 0 Å². The molecule has 1 unspecified atom stereocenters. The third kappa shape index (κ3) is 3.51. The summed E-state index contributed by atoms with van der Waals surface area (Å²) in [5.74, 6) is 0.531. The minimum absolute atomic E-state index is 0.160. The molecular formula is C20H19NO2. The van der Waals surface area contributed by atoms with Crippen LogP contribution < -0.4 is 10.1 Å². The van der Waals surface area contributed by atoms with Gasteiger partial charge in [0.25, 0.3) is 5.91 Å². The lowest BCUT2D eigenvalue weighted by Gasteiger charge is -2.16. The van der Waals surface area contributed by atoms with E-state index in [9.17, 15) is 4.79 Å². The van der Waals surface area contributed by atoms with Crippen molar-refractivity contribution in [1.29, 1.82) is 0 Å². The van der Waals surface area contributed by atoms with E-state index in [1.807, 2.05) is 73.7 Å². The third-order valence-electron chi connectivity index (χ3n) is 3.81. The smallest absolute Gasteiger partial charge is 0.265 e. The molecule has 0 aliphatic rings. The van der Waals surface area contributed by atoms with Crippen LogP contribution in [0.4, 0.5) is 5.69 Å². The van der Waals surface area contributed by atoms with Crippen LogP contribution >= 0.6 is 0 Å². The zero-order valence-corrected chi connectivity index (χ0v) is 13.2. The second-order valence-corrected chi connectivity index (χ2v) is 5.57. The predicted octanol–water partition coefficient (Wildman–Crippen LogP) is 4.55. The summed E-state index contributed by atoms with van der Waals surface area (Å²) in [6.07, 6.45) is -0.573. The fourth-order valence-corrected chi connectivity index (χ4v) is 2.45. The molecule has 1 amide bonds. The molecule has 0 aliphatic carbocycles. The van der Waals surface area contributed by atoms with Crippen LogP contribution in [-0.4, -0.2) is 12.0 Å². The van der Waals surface area contributed by atoms with E-state index in [4.69, 9.17) is 4.74 Å². The Morgan fingerprint density at radius 1 is 0.957 bits per heavy atom. The summed E-state index contributed by atoms with van der Waals surface area (Å²) in [6, 6.07) is 21.6. The maximum absolute atomic E-state index is 12.3. The summed E-state index contributed by atoms with van der Waals surface area (Å²) in [6.45, 7) is 3.72. The molecular weight excluding hydrogens is 286 g/mol. The van der Waals surface area contributed by atoms with Crippen LogP contribution in [0.5, 0.6) is 5.75 Å². The second-order valence-electron chi connectivity index (χ2n) is 5.57. The number of aryl methyl sites for hydroxylation is 1. The van der Waals surface area contributed by atoms with E-state index in [0.29, 0.717) is 5.75 Å². The minimum Gasteiger partial charge on any atom is -0.481 e. The molecule has 0 aliphatic heterocycles. The standard InChI is InChI=1S/C20H19NO2/c1-14-7-3-6-10-19(14)21-20(22)15(2)23-18-12-11-16-8-4-5-9-17(16)13-18/h3-13,15H,1-2H3,(H,21,22). The van der Waals surface area contributed by atoms with Crippen molar-refractivity contribution in [2.24, 2.45) is 0 Å². The molecule has 116 valence electrons. The molecule has 0 aromatic heterocycles. The van der Waals surface area contributed by atoms with Gasteiger partial charge in [-0.3, -0.25) is 4.79 Å². The monoisotopic (exact) mass is 305 g/mol. The van der Waals surface area contributed by atoms with Crippen LogP contribution in [0.2, 0.25) is 0 Å². The first-order valence-electron chi connectivity index (χ1n) is 7.65. The number of para-hydroxylation sites is 1. The van der Waals surface area contributed by atoms with Crippen molar-refractivity contribution >= 4 is 22.4 Å². The first-order valence-corrected chi connectivity index (χ1v) is 7.65. The minimum atomic E-state index is -0.573. The van der Waals surface area contributed by atoms with Crippen LogP contribution in [0.15, 0.2) is 66.7 Å². The normalized spacial score (nSPS) is 11.9. The molecule has 0 fully saturated rings. The number of ether oxygens (including phenoxy) is 1. The molecule has 0 saturated heterocycles. The van der Waals surface area contributed by atoms with E-state index in [-0.39, 0.29) is 5.91 Å². The van der Waals surface area contributed by atoms with Gasteiger partial charge in [-0.2, -0.15) is 0 Å². The number of hydrogen-bond acceptors (Lipinski definition) is 2. The van der Waals surface area contributed by atoms with Gasteiger partial charge in [0.2, 0.25) is 0 Å². The van der Waals surface area contributed by atoms with Crippen molar-refractivity contribution in [2.45, 2.75) is 20.0 Å². The molecule has 0 heterocycles. The second kappa shape index (κ2) is 6.53. The fraction of sp³-hybridized carbons (Fsp3) is 0.150. The third-order valence-corrected chi connectivity index (χ3v) is 3.81. The number of fused-ring (bicyclic) bond motifs is 1. The van der Waals surface area contributed by atoms with Gasteiger partial charge in [0, 0.05) is 5.69 Å². The molecule has 3 rings (SSSR count). The zero-order valence-electron chi connectivity index (χ0n) is 13.2. The lowest BCUT2D eigenvalue weighted by Crippen LogP contribution is -2.30.